The molecular formula is C13H25N. The molecule has 0 bridgehead atoms. The average Bonchev–Trinajstić information content (AvgIpc) is 2.88. The molecule has 2 aliphatic rings. The molecule has 2 fully saturated rings. The second-order valence-corrected chi connectivity index (χ2v) is 6.16. The molecule has 0 aliphatic heterocycles. The largest absolute Gasteiger partial charge is 0.313 e. The fourth-order valence-electron chi connectivity index (χ4n) is 2.87. The fourth-order valence-corrected chi connectivity index (χ4v) is 2.87. The molecule has 0 saturated heterocycles. The molecule has 2 unspecified atom stereocenters. The summed E-state index contributed by atoms with van der Waals surface area (Å²) in [7, 11) is 0. The lowest BCUT2D eigenvalue weighted by Crippen LogP contribution is -2.40. The van der Waals surface area contributed by atoms with Crippen molar-refractivity contribution < 1.29 is 0 Å². The van der Waals surface area contributed by atoms with Crippen LogP contribution in [0.15, 0.2) is 0 Å². The molecule has 82 valence electrons. The van der Waals surface area contributed by atoms with Crippen molar-refractivity contribution in [2.24, 2.45) is 17.3 Å². The summed E-state index contributed by atoms with van der Waals surface area (Å²) in [6.07, 6.45) is 7.18. The highest BCUT2D eigenvalue weighted by Crippen LogP contribution is 2.39. The third-order valence-corrected chi connectivity index (χ3v) is 4.37. The van der Waals surface area contributed by atoms with Gasteiger partial charge < -0.3 is 5.32 Å². The van der Waals surface area contributed by atoms with E-state index in [0.717, 1.165) is 17.9 Å². The molecule has 0 aromatic carbocycles. The van der Waals surface area contributed by atoms with Gasteiger partial charge in [0.1, 0.15) is 0 Å². The second kappa shape index (κ2) is 3.84. The van der Waals surface area contributed by atoms with Crippen molar-refractivity contribution in [2.45, 2.75) is 58.9 Å². The molecule has 0 spiro atoms. The number of hydrogen-bond donors (Lipinski definition) is 1. The van der Waals surface area contributed by atoms with E-state index in [-0.39, 0.29) is 0 Å². The third-order valence-electron chi connectivity index (χ3n) is 4.37. The van der Waals surface area contributed by atoms with Crippen molar-refractivity contribution in [3.05, 3.63) is 0 Å². The second-order valence-electron chi connectivity index (χ2n) is 6.16. The van der Waals surface area contributed by atoms with Crippen molar-refractivity contribution in [2.75, 3.05) is 6.54 Å². The Kier molecular flexibility index (Phi) is 2.88. The molecule has 1 nitrogen and oxygen atoms in total. The third kappa shape index (κ3) is 2.31. The van der Waals surface area contributed by atoms with E-state index >= 15 is 0 Å². The van der Waals surface area contributed by atoms with Crippen LogP contribution in [0.5, 0.6) is 0 Å². The zero-order valence-corrected chi connectivity index (χ0v) is 9.97. The maximum Gasteiger partial charge on any atom is 0.0118 e. The van der Waals surface area contributed by atoms with Gasteiger partial charge in [0, 0.05) is 6.04 Å². The van der Waals surface area contributed by atoms with Gasteiger partial charge in [-0.1, -0.05) is 27.2 Å². The SMILES string of the molecule is CC(CNC1CCCC1(C)C)C1CC1. The summed E-state index contributed by atoms with van der Waals surface area (Å²) in [5.74, 6) is 1.96. The van der Waals surface area contributed by atoms with Gasteiger partial charge in [0.15, 0.2) is 0 Å². The quantitative estimate of drug-likeness (QED) is 0.726. The van der Waals surface area contributed by atoms with Crippen molar-refractivity contribution in [3.8, 4) is 0 Å². The summed E-state index contributed by atoms with van der Waals surface area (Å²) in [4.78, 5) is 0. The van der Waals surface area contributed by atoms with Gasteiger partial charge in [-0.2, -0.15) is 0 Å². The molecule has 2 rings (SSSR count). The van der Waals surface area contributed by atoms with Crippen LogP contribution in [-0.4, -0.2) is 12.6 Å². The van der Waals surface area contributed by atoms with Gasteiger partial charge in [0.2, 0.25) is 0 Å². The standard InChI is InChI=1S/C13H25N/c1-10(11-6-7-11)9-14-12-5-4-8-13(12,2)3/h10-12,14H,4-9H2,1-3H3. The van der Waals surface area contributed by atoms with Gasteiger partial charge in [0.05, 0.1) is 0 Å². The van der Waals surface area contributed by atoms with Crippen LogP contribution >= 0.6 is 0 Å². The Bertz CT molecular complexity index is 193. The van der Waals surface area contributed by atoms with Crippen molar-refractivity contribution in [3.63, 3.8) is 0 Å². The summed E-state index contributed by atoms with van der Waals surface area (Å²) < 4.78 is 0. The molecule has 1 heteroatoms. The van der Waals surface area contributed by atoms with E-state index in [9.17, 15) is 0 Å². The molecule has 0 amide bonds. The highest BCUT2D eigenvalue weighted by Gasteiger charge is 2.35. The molecule has 14 heavy (non-hydrogen) atoms. The monoisotopic (exact) mass is 195 g/mol. The summed E-state index contributed by atoms with van der Waals surface area (Å²) in [5.41, 5.74) is 0.545. The van der Waals surface area contributed by atoms with Gasteiger partial charge in [0.25, 0.3) is 0 Å². The summed E-state index contributed by atoms with van der Waals surface area (Å²) in [6.45, 7) is 8.49. The lowest BCUT2D eigenvalue weighted by Gasteiger charge is -2.29. The Morgan fingerprint density at radius 2 is 2.00 bits per heavy atom. The first-order valence-corrected chi connectivity index (χ1v) is 6.33. The first-order valence-electron chi connectivity index (χ1n) is 6.33. The van der Waals surface area contributed by atoms with E-state index in [1.54, 1.807) is 0 Å². The minimum absolute atomic E-state index is 0.545. The molecular weight excluding hydrogens is 170 g/mol. The molecule has 2 saturated carbocycles. The van der Waals surface area contributed by atoms with Crippen LogP contribution in [0.2, 0.25) is 0 Å². The Balaban J connectivity index is 1.74. The highest BCUT2D eigenvalue weighted by molar-refractivity contribution is 4.91. The lowest BCUT2D eigenvalue weighted by atomic mass is 9.87. The first kappa shape index (κ1) is 10.5. The van der Waals surface area contributed by atoms with Gasteiger partial charge in [-0.3, -0.25) is 0 Å². The maximum absolute atomic E-state index is 3.79. The van der Waals surface area contributed by atoms with Crippen molar-refractivity contribution in [1.82, 2.24) is 5.32 Å². The van der Waals surface area contributed by atoms with Gasteiger partial charge in [-0.05, 0) is 49.5 Å². The Morgan fingerprint density at radius 1 is 1.29 bits per heavy atom. The van der Waals surface area contributed by atoms with Crippen LogP contribution in [0.1, 0.15) is 52.9 Å². The normalized spacial score (nSPS) is 33.2. The zero-order chi connectivity index (χ0) is 10.2. The topological polar surface area (TPSA) is 12.0 Å². The van der Waals surface area contributed by atoms with Crippen LogP contribution in [-0.2, 0) is 0 Å². The van der Waals surface area contributed by atoms with Crippen LogP contribution in [0, 0.1) is 17.3 Å². The molecule has 1 N–H and O–H groups in total. The number of hydrogen-bond acceptors (Lipinski definition) is 1. The van der Waals surface area contributed by atoms with E-state index in [4.69, 9.17) is 0 Å². The average molecular weight is 195 g/mol. The molecule has 0 aromatic heterocycles. The summed E-state index contributed by atoms with van der Waals surface area (Å²) in [6, 6.07) is 0.781. The fraction of sp³-hybridized carbons (Fsp3) is 1.00. The smallest absolute Gasteiger partial charge is 0.0118 e. The summed E-state index contributed by atoms with van der Waals surface area (Å²) >= 11 is 0. The molecule has 0 radical (unpaired) electrons. The van der Waals surface area contributed by atoms with Crippen LogP contribution in [0.3, 0.4) is 0 Å². The minimum atomic E-state index is 0.545. The van der Waals surface area contributed by atoms with E-state index in [0.29, 0.717) is 5.41 Å². The Morgan fingerprint density at radius 3 is 2.50 bits per heavy atom. The zero-order valence-electron chi connectivity index (χ0n) is 9.97. The first-order chi connectivity index (χ1) is 6.59. The predicted octanol–water partition coefficient (Wildman–Crippen LogP) is 3.20. The van der Waals surface area contributed by atoms with Crippen LogP contribution in [0.25, 0.3) is 0 Å². The number of nitrogens with one attached hydrogen (secondary N) is 1. The van der Waals surface area contributed by atoms with E-state index in [2.05, 4.69) is 26.1 Å². The van der Waals surface area contributed by atoms with Crippen molar-refractivity contribution in [1.29, 1.82) is 0 Å². The molecule has 0 aromatic rings. The van der Waals surface area contributed by atoms with Gasteiger partial charge in [-0.15, -0.1) is 0 Å². The Labute approximate surface area is 88.7 Å². The highest BCUT2D eigenvalue weighted by atomic mass is 14.9. The summed E-state index contributed by atoms with van der Waals surface area (Å²) in [5, 5.41) is 3.79. The predicted molar refractivity (Wildman–Crippen MR) is 61.3 cm³/mol. The minimum Gasteiger partial charge on any atom is -0.313 e. The van der Waals surface area contributed by atoms with Crippen LogP contribution in [0.4, 0.5) is 0 Å². The Hall–Kier alpha value is -0.0400. The number of rotatable bonds is 4. The maximum atomic E-state index is 3.79. The molecule has 0 heterocycles. The van der Waals surface area contributed by atoms with E-state index in [1.165, 1.54) is 38.6 Å². The molecule has 2 atom stereocenters. The van der Waals surface area contributed by atoms with E-state index in [1.807, 2.05) is 0 Å². The van der Waals surface area contributed by atoms with Crippen LogP contribution < -0.4 is 5.32 Å². The lowest BCUT2D eigenvalue weighted by molar-refractivity contribution is 0.269. The molecule has 2 aliphatic carbocycles. The van der Waals surface area contributed by atoms with Gasteiger partial charge in [-0.25, -0.2) is 0 Å². The van der Waals surface area contributed by atoms with Gasteiger partial charge >= 0.3 is 0 Å². The van der Waals surface area contributed by atoms with E-state index < -0.39 is 0 Å². The van der Waals surface area contributed by atoms with Crippen molar-refractivity contribution >= 4 is 0 Å².